The molecule has 0 unspecified atom stereocenters. The van der Waals surface area contributed by atoms with Gasteiger partial charge in [-0.05, 0) is 25.0 Å². The van der Waals surface area contributed by atoms with Crippen LogP contribution < -0.4 is 10.5 Å². The molecule has 1 aromatic heterocycles. The monoisotopic (exact) mass is 349 g/mol. The lowest BCUT2D eigenvalue weighted by molar-refractivity contribution is -0.116. The average Bonchev–Trinajstić information content (AvgIpc) is 2.88. The van der Waals surface area contributed by atoms with Crippen LogP contribution in [0.15, 0.2) is 40.3 Å². The lowest BCUT2D eigenvalue weighted by Gasteiger charge is -2.17. The molecule has 0 spiro atoms. The van der Waals surface area contributed by atoms with Crippen LogP contribution in [0.4, 0.5) is 5.69 Å². The van der Waals surface area contributed by atoms with Crippen molar-refractivity contribution in [2.75, 3.05) is 11.4 Å². The maximum atomic E-state index is 12.6. The fraction of sp³-hybridized carbons (Fsp3) is 0.312. The first-order valence-corrected chi connectivity index (χ1v) is 8.67. The molecule has 1 aliphatic rings. The lowest BCUT2D eigenvalue weighted by atomic mass is 10.3. The quantitative estimate of drug-likeness (QED) is 0.862. The van der Waals surface area contributed by atoms with Gasteiger partial charge in [0.05, 0.1) is 16.0 Å². The molecule has 1 saturated heterocycles. The Labute approximate surface area is 143 Å². The zero-order valence-corrected chi connectivity index (χ0v) is 14.2. The number of aromatic amines is 1. The van der Waals surface area contributed by atoms with Gasteiger partial charge in [-0.15, -0.1) is 0 Å². The second-order valence-corrected chi connectivity index (χ2v) is 6.83. The predicted octanol–water partition coefficient (Wildman–Crippen LogP) is 2.88. The molecule has 1 aliphatic heterocycles. The number of halogens is 1. The van der Waals surface area contributed by atoms with Crippen LogP contribution in [0.5, 0.6) is 0 Å². The average molecular weight is 350 g/mol. The Bertz CT molecular complexity index is 793. The van der Waals surface area contributed by atoms with E-state index in [1.54, 1.807) is 11.0 Å². The predicted molar refractivity (Wildman–Crippen MR) is 92.3 cm³/mol. The Morgan fingerprint density at radius 2 is 2.17 bits per heavy atom. The number of carbonyl (C=O) groups excluding carboxylic acids is 1. The fourth-order valence-corrected chi connectivity index (χ4v) is 3.82. The standard InChI is InChI=1S/C16H16ClN3O2S/c1-2-10-9-14(21)19-16(18-10)23-13-7-8-20(15(13)22)12-6-4-3-5-11(12)17/h3-6,9,13H,2,7-8H2,1H3,(H,18,19,21)/t13-/m1/s1. The highest BCUT2D eigenvalue weighted by Crippen LogP contribution is 2.34. The van der Waals surface area contributed by atoms with Crippen LogP contribution >= 0.6 is 23.4 Å². The summed E-state index contributed by atoms with van der Waals surface area (Å²) in [7, 11) is 0. The summed E-state index contributed by atoms with van der Waals surface area (Å²) in [5.41, 5.74) is 1.27. The van der Waals surface area contributed by atoms with E-state index in [1.807, 2.05) is 25.1 Å². The number of hydrogen-bond donors (Lipinski definition) is 1. The molecule has 1 amide bonds. The van der Waals surface area contributed by atoms with Gasteiger partial charge >= 0.3 is 0 Å². The van der Waals surface area contributed by atoms with Crippen LogP contribution in [0, 0.1) is 0 Å². The summed E-state index contributed by atoms with van der Waals surface area (Å²) in [6.45, 7) is 2.55. The van der Waals surface area contributed by atoms with Gasteiger partial charge in [0.1, 0.15) is 0 Å². The van der Waals surface area contributed by atoms with Crippen molar-refractivity contribution in [2.45, 2.75) is 30.2 Å². The molecule has 1 atom stereocenters. The molecule has 1 fully saturated rings. The van der Waals surface area contributed by atoms with Crippen LogP contribution in [0.25, 0.3) is 0 Å². The Balaban J connectivity index is 1.79. The van der Waals surface area contributed by atoms with Gasteiger partial charge in [-0.2, -0.15) is 0 Å². The molecule has 2 heterocycles. The van der Waals surface area contributed by atoms with Crippen LogP contribution in [0.1, 0.15) is 19.0 Å². The number of carbonyl (C=O) groups is 1. The number of anilines is 1. The molecule has 0 saturated carbocycles. The molecular weight excluding hydrogens is 334 g/mol. The number of hydrogen-bond acceptors (Lipinski definition) is 4. The highest BCUT2D eigenvalue weighted by molar-refractivity contribution is 8.00. The molecule has 120 valence electrons. The summed E-state index contributed by atoms with van der Waals surface area (Å²) in [5.74, 6) is -0.00681. The van der Waals surface area contributed by atoms with Gasteiger partial charge in [0.15, 0.2) is 5.16 Å². The number of aromatic nitrogens is 2. The first-order valence-electron chi connectivity index (χ1n) is 7.41. The normalized spacial score (nSPS) is 17.7. The Morgan fingerprint density at radius 3 is 2.91 bits per heavy atom. The van der Waals surface area contributed by atoms with E-state index in [-0.39, 0.29) is 16.7 Å². The molecule has 23 heavy (non-hydrogen) atoms. The largest absolute Gasteiger partial charge is 0.310 e. The molecule has 3 rings (SSSR count). The summed E-state index contributed by atoms with van der Waals surface area (Å²) in [6, 6.07) is 8.79. The smallest absolute Gasteiger partial charge is 0.251 e. The van der Waals surface area contributed by atoms with E-state index >= 15 is 0 Å². The highest BCUT2D eigenvalue weighted by Gasteiger charge is 2.34. The molecule has 2 aromatic rings. The van der Waals surface area contributed by atoms with E-state index in [0.29, 0.717) is 29.6 Å². The van der Waals surface area contributed by atoms with Gasteiger partial charge in [0, 0.05) is 18.3 Å². The number of nitrogens with zero attached hydrogens (tertiary/aromatic N) is 2. The van der Waals surface area contributed by atoms with Crippen molar-refractivity contribution in [3.8, 4) is 0 Å². The number of nitrogens with one attached hydrogen (secondary N) is 1. The number of thioether (sulfide) groups is 1. The van der Waals surface area contributed by atoms with E-state index in [4.69, 9.17) is 11.6 Å². The van der Waals surface area contributed by atoms with E-state index < -0.39 is 0 Å². The van der Waals surface area contributed by atoms with Crippen molar-refractivity contribution >= 4 is 35.0 Å². The summed E-state index contributed by atoms with van der Waals surface area (Å²) in [5, 5.41) is 0.793. The van der Waals surface area contributed by atoms with Crippen LogP contribution in [-0.4, -0.2) is 27.7 Å². The van der Waals surface area contributed by atoms with Crippen molar-refractivity contribution in [3.63, 3.8) is 0 Å². The molecule has 0 radical (unpaired) electrons. The summed E-state index contributed by atoms with van der Waals surface area (Å²) in [6.07, 6.45) is 1.37. The molecule has 1 aromatic carbocycles. The molecule has 7 heteroatoms. The number of para-hydroxylation sites is 1. The van der Waals surface area contributed by atoms with E-state index in [0.717, 1.165) is 11.4 Å². The van der Waals surface area contributed by atoms with Gasteiger partial charge in [-0.1, -0.05) is 42.4 Å². The third-order valence-corrected chi connectivity index (χ3v) is 5.15. The second kappa shape index (κ2) is 6.76. The number of benzene rings is 1. The van der Waals surface area contributed by atoms with Gasteiger partial charge in [-0.3, -0.25) is 9.59 Å². The Hall–Kier alpha value is -1.79. The van der Waals surface area contributed by atoms with Gasteiger partial charge in [0.2, 0.25) is 5.91 Å². The third kappa shape index (κ3) is 3.43. The Kier molecular flexibility index (Phi) is 4.73. The maximum Gasteiger partial charge on any atom is 0.251 e. The summed E-state index contributed by atoms with van der Waals surface area (Å²) < 4.78 is 0. The second-order valence-electron chi connectivity index (χ2n) is 5.23. The molecule has 0 aliphatic carbocycles. The first-order chi connectivity index (χ1) is 11.1. The van der Waals surface area contributed by atoms with Crippen molar-refractivity contribution in [3.05, 3.63) is 51.4 Å². The number of H-pyrrole nitrogens is 1. The lowest BCUT2D eigenvalue weighted by Crippen LogP contribution is -2.28. The molecule has 5 nitrogen and oxygen atoms in total. The molecule has 0 bridgehead atoms. The third-order valence-electron chi connectivity index (χ3n) is 3.69. The minimum atomic E-state index is -0.262. The summed E-state index contributed by atoms with van der Waals surface area (Å²) in [4.78, 5) is 33.0. The Morgan fingerprint density at radius 1 is 1.39 bits per heavy atom. The van der Waals surface area contributed by atoms with Crippen LogP contribution in [0.3, 0.4) is 0 Å². The topological polar surface area (TPSA) is 66.1 Å². The van der Waals surface area contributed by atoms with E-state index in [9.17, 15) is 9.59 Å². The van der Waals surface area contributed by atoms with Gasteiger partial charge in [-0.25, -0.2) is 4.98 Å². The maximum absolute atomic E-state index is 12.6. The van der Waals surface area contributed by atoms with Crippen LogP contribution in [0.2, 0.25) is 5.02 Å². The number of amides is 1. The first kappa shape index (κ1) is 16.1. The van der Waals surface area contributed by atoms with Gasteiger partial charge < -0.3 is 9.88 Å². The number of rotatable bonds is 4. The number of aryl methyl sites for hydroxylation is 1. The SMILES string of the molecule is CCc1cc(=O)[nH]c(S[C@@H]2CCN(c3ccccc3Cl)C2=O)n1. The van der Waals surface area contributed by atoms with Gasteiger partial charge in [0.25, 0.3) is 5.56 Å². The van der Waals surface area contributed by atoms with E-state index in [2.05, 4.69) is 9.97 Å². The minimum absolute atomic E-state index is 0.00681. The summed E-state index contributed by atoms with van der Waals surface area (Å²) >= 11 is 7.48. The molecule has 1 N–H and O–H groups in total. The van der Waals surface area contributed by atoms with Crippen molar-refractivity contribution < 1.29 is 4.79 Å². The zero-order valence-electron chi connectivity index (χ0n) is 12.6. The van der Waals surface area contributed by atoms with Crippen LogP contribution in [-0.2, 0) is 11.2 Å². The molecular formula is C16H16ClN3O2S. The highest BCUT2D eigenvalue weighted by atomic mass is 35.5. The fourth-order valence-electron chi connectivity index (χ4n) is 2.53. The zero-order chi connectivity index (χ0) is 16.4. The van der Waals surface area contributed by atoms with E-state index in [1.165, 1.54) is 17.8 Å². The van der Waals surface area contributed by atoms with Crippen molar-refractivity contribution in [1.82, 2.24) is 9.97 Å². The minimum Gasteiger partial charge on any atom is -0.310 e. The van der Waals surface area contributed by atoms with Crippen molar-refractivity contribution in [1.29, 1.82) is 0 Å². The van der Waals surface area contributed by atoms with Crippen molar-refractivity contribution in [2.24, 2.45) is 0 Å².